The largest absolute Gasteiger partial charge is 0.464 e. The van der Waals surface area contributed by atoms with Crippen LogP contribution in [0.25, 0.3) is 0 Å². The average molecular weight is 406 g/mol. The first-order valence-corrected chi connectivity index (χ1v) is 10.6. The molecule has 0 saturated heterocycles. The third kappa shape index (κ3) is 7.87. The van der Waals surface area contributed by atoms with E-state index in [-0.39, 0.29) is 19.6 Å². The quantitative estimate of drug-likeness (QED) is 0.307. The van der Waals surface area contributed by atoms with Crippen molar-refractivity contribution in [2.75, 3.05) is 13.2 Å². The van der Waals surface area contributed by atoms with Gasteiger partial charge in [0, 0.05) is 6.92 Å². The van der Waals surface area contributed by atoms with Crippen molar-refractivity contribution in [3.05, 3.63) is 35.4 Å². The molecule has 0 aliphatic rings. The normalized spacial score (nSPS) is 11.0. The van der Waals surface area contributed by atoms with Crippen LogP contribution in [0.3, 0.4) is 0 Å². The molecule has 0 fully saturated rings. The molecule has 1 aromatic carbocycles. The summed E-state index contributed by atoms with van der Waals surface area (Å²) in [6, 6.07) is 8.57. The fourth-order valence-electron chi connectivity index (χ4n) is 3.23. The second-order valence-corrected chi connectivity index (χ2v) is 7.15. The van der Waals surface area contributed by atoms with E-state index in [4.69, 9.17) is 9.47 Å². The summed E-state index contributed by atoms with van der Waals surface area (Å²) in [5.74, 6) is -2.02. The van der Waals surface area contributed by atoms with Crippen molar-refractivity contribution in [1.29, 1.82) is 0 Å². The number of unbranched alkanes of at least 4 members (excludes halogenated alkanes) is 2. The van der Waals surface area contributed by atoms with Gasteiger partial charge in [0.05, 0.1) is 13.2 Å². The molecule has 1 rings (SSSR count). The minimum atomic E-state index is -1.79. The molecule has 0 bridgehead atoms. The van der Waals surface area contributed by atoms with Gasteiger partial charge in [0.15, 0.2) is 0 Å². The SMILES string of the molecule is CCCCc1ccc(CCCCC(NC(C)=O)(C(=O)OCC)C(=O)OCC)cc1. The minimum Gasteiger partial charge on any atom is -0.464 e. The number of amides is 1. The van der Waals surface area contributed by atoms with Gasteiger partial charge in [0.25, 0.3) is 0 Å². The van der Waals surface area contributed by atoms with Crippen LogP contribution in [0.2, 0.25) is 0 Å². The molecule has 0 unspecified atom stereocenters. The van der Waals surface area contributed by atoms with Crippen LogP contribution in [-0.2, 0) is 36.7 Å². The van der Waals surface area contributed by atoms with Crippen molar-refractivity contribution in [3.63, 3.8) is 0 Å². The zero-order valence-electron chi connectivity index (χ0n) is 18.2. The molecule has 29 heavy (non-hydrogen) atoms. The van der Waals surface area contributed by atoms with Crippen LogP contribution < -0.4 is 5.32 Å². The third-order valence-corrected chi connectivity index (χ3v) is 4.75. The number of aryl methyl sites for hydroxylation is 2. The Morgan fingerprint density at radius 2 is 1.31 bits per heavy atom. The first-order valence-electron chi connectivity index (χ1n) is 10.6. The molecule has 162 valence electrons. The summed E-state index contributed by atoms with van der Waals surface area (Å²) in [5.41, 5.74) is 0.759. The first kappa shape index (κ1) is 24.7. The van der Waals surface area contributed by atoms with E-state index in [2.05, 4.69) is 36.5 Å². The van der Waals surface area contributed by atoms with Crippen molar-refractivity contribution in [1.82, 2.24) is 5.32 Å². The van der Waals surface area contributed by atoms with Crippen LogP contribution in [-0.4, -0.2) is 36.6 Å². The van der Waals surface area contributed by atoms with E-state index in [9.17, 15) is 14.4 Å². The van der Waals surface area contributed by atoms with E-state index < -0.39 is 23.4 Å². The molecule has 1 N–H and O–H groups in total. The first-order chi connectivity index (χ1) is 13.9. The Hall–Kier alpha value is -2.37. The summed E-state index contributed by atoms with van der Waals surface area (Å²) in [6.07, 6.45) is 5.76. The van der Waals surface area contributed by atoms with Crippen LogP contribution in [0, 0.1) is 0 Å². The molecular formula is C23H35NO5. The van der Waals surface area contributed by atoms with Crippen molar-refractivity contribution in [3.8, 4) is 0 Å². The molecule has 1 aromatic rings. The molecule has 0 heterocycles. The monoisotopic (exact) mass is 405 g/mol. The van der Waals surface area contributed by atoms with Gasteiger partial charge in [-0.15, -0.1) is 0 Å². The summed E-state index contributed by atoms with van der Waals surface area (Å²) in [5, 5.41) is 2.50. The van der Waals surface area contributed by atoms with Crippen LogP contribution in [0.4, 0.5) is 0 Å². The van der Waals surface area contributed by atoms with Gasteiger partial charge in [-0.25, -0.2) is 9.59 Å². The van der Waals surface area contributed by atoms with E-state index in [1.807, 2.05) is 0 Å². The van der Waals surface area contributed by atoms with Crippen molar-refractivity contribution in [2.45, 2.75) is 78.2 Å². The minimum absolute atomic E-state index is 0.115. The Kier molecular flexibility index (Phi) is 11.0. The number of carbonyl (C=O) groups excluding carboxylic acids is 3. The Morgan fingerprint density at radius 1 is 0.828 bits per heavy atom. The van der Waals surface area contributed by atoms with Gasteiger partial charge in [-0.2, -0.15) is 0 Å². The Balaban J connectivity index is 2.76. The van der Waals surface area contributed by atoms with Crippen molar-refractivity contribution in [2.24, 2.45) is 0 Å². The van der Waals surface area contributed by atoms with E-state index in [1.165, 1.54) is 30.9 Å². The van der Waals surface area contributed by atoms with E-state index in [0.29, 0.717) is 6.42 Å². The van der Waals surface area contributed by atoms with E-state index in [0.717, 1.165) is 19.3 Å². The van der Waals surface area contributed by atoms with Crippen LogP contribution in [0.5, 0.6) is 0 Å². The molecule has 1 amide bonds. The fraction of sp³-hybridized carbons (Fsp3) is 0.609. The summed E-state index contributed by atoms with van der Waals surface area (Å²) >= 11 is 0. The zero-order chi connectivity index (χ0) is 21.7. The lowest BCUT2D eigenvalue weighted by Crippen LogP contribution is -2.61. The average Bonchev–Trinajstić information content (AvgIpc) is 2.69. The molecule has 0 atom stereocenters. The Labute approximate surface area is 174 Å². The lowest BCUT2D eigenvalue weighted by Gasteiger charge is -2.29. The predicted molar refractivity (Wildman–Crippen MR) is 112 cm³/mol. The topological polar surface area (TPSA) is 81.7 Å². The summed E-state index contributed by atoms with van der Waals surface area (Å²) in [4.78, 5) is 36.8. The molecule has 6 nitrogen and oxygen atoms in total. The van der Waals surface area contributed by atoms with E-state index in [1.54, 1.807) is 13.8 Å². The Morgan fingerprint density at radius 3 is 1.72 bits per heavy atom. The maximum Gasteiger partial charge on any atom is 0.343 e. The van der Waals surface area contributed by atoms with Crippen molar-refractivity contribution < 1.29 is 23.9 Å². The maximum atomic E-state index is 12.6. The molecule has 0 radical (unpaired) electrons. The summed E-state index contributed by atoms with van der Waals surface area (Å²) in [6.45, 7) is 7.00. The molecule has 0 spiro atoms. The van der Waals surface area contributed by atoms with Gasteiger partial charge >= 0.3 is 11.9 Å². The van der Waals surface area contributed by atoms with E-state index >= 15 is 0 Å². The third-order valence-electron chi connectivity index (χ3n) is 4.75. The number of nitrogens with one attached hydrogen (secondary N) is 1. The van der Waals surface area contributed by atoms with Gasteiger partial charge in [0.1, 0.15) is 0 Å². The molecule has 0 aliphatic heterocycles. The highest BCUT2D eigenvalue weighted by molar-refractivity contribution is 6.07. The second kappa shape index (κ2) is 13.0. The standard InChI is InChI=1S/C23H35NO5/c1-5-8-11-19-13-15-20(16-14-19)12-9-10-17-23(24-18(4)25,21(26)28-6-2)22(27)29-7-3/h13-16H,5-12,17H2,1-4H3,(H,24,25). The highest BCUT2D eigenvalue weighted by Gasteiger charge is 2.49. The summed E-state index contributed by atoms with van der Waals surface area (Å²) < 4.78 is 10.2. The molecule has 0 aromatic heterocycles. The molecular weight excluding hydrogens is 370 g/mol. The predicted octanol–water partition coefficient (Wildman–Crippen LogP) is 3.74. The maximum absolute atomic E-state index is 12.6. The molecule has 0 saturated carbocycles. The number of esters is 2. The van der Waals surface area contributed by atoms with Crippen LogP contribution >= 0.6 is 0 Å². The second-order valence-electron chi connectivity index (χ2n) is 7.15. The van der Waals surface area contributed by atoms with Gasteiger partial charge in [0.2, 0.25) is 11.4 Å². The highest BCUT2D eigenvalue weighted by Crippen LogP contribution is 2.21. The molecule has 6 heteroatoms. The summed E-state index contributed by atoms with van der Waals surface area (Å²) in [7, 11) is 0. The number of benzene rings is 1. The van der Waals surface area contributed by atoms with Gasteiger partial charge in [-0.05, 0) is 63.5 Å². The fourth-order valence-corrected chi connectivity index (χ4v) is 3.23. The van der Waals surface area contributed by atoms with Gasteiger partial charge < -0.3 is 14.8 Å². The smallest absolute Gasteiger partial charge is 0.343 e. The lowest BCUT2D eigenvalue weighted by molar-refractivity contribution is -0.168. The number of ether oxygens (including phenoxy) is 2. The zero-order valence-corrected chi connectivity index (χ0v) is 18.2. The Bertz CT molecular complexity index is 636. The number of hydrogen-bond acceptors (Lipinski definition) is 5. The number of carbonyl (C=O) groups is 3. The van der Waals surface area contributed by atoms with Crippen LogP contribution in [0.15, 0.2) is 24.3 Å². The van der Waals surface area contributed by atoms with Crippen molar-refractivity contribution >= 4 is 17.8 Å². The highest BCUT2D eigenvalue weighted by atomic mass is 16.6. The van der Waals surface area contributed by atoms with Gasteiger partial charge in [-0.3, -0.25) is 4.79 Å². The lowest BCUT2D eigenvalue weighted by atomic mass is 9.91. The number of hydrogen-bond donors (Lipinski definition) is 1. The number of rotatable bonds is 13. The van der Waals surface area contributed by atoms with Gasteiger partial charge in [-0.1, -0.05) is 37.6 Å². The van der Waals surface area contributed by atoms with Crippen LogP contribution in [0.1, 0.15) is 70.9 Å². The molecule has 0 aliphatic carbocycles.